The van der Waals surface area contributed by atoms with E-state index < -0.39 is 0 Å². The van der Waals surface area contributed by atoms with Crippen LogP contribution in [0.25, 0.3) is 0 Å². The SMILES string of the molecule is CC1CO1.CCCCCCCCCCCCCCCCO. The molecule has 0 aromatic rings. The molecule has 0 aromatic heterocycles. The molecule has 0 radical (unpaired) electrons. The fraction of sp³-hybridized carbons (Fsp3) is 1.00. The lowest BCUT2D eigenvalue weighted by atomic mass is 10.0. The second kappa shape index (κ2) is 18.0. The first-order valence-electron chi connectivity index (χ1n) is 9.53. The predicted molar refractivity (Wildman–Crippen MR) is 92.8 cm³/mol. The summed E-state index contributed by atoms with van der Waals surface area (Å²) in [6, 6.07) is 0. The summed E-state index contributed by atoms with van der Waals surface area (Å²) < 4.78 is 4.71. The van der Waals surface area contributed by atoms with Gasteiger partial charge < -0.3 is 9.84 Å². The van der Waals surface area contributed by atoms with E-state index in [0.29, 0.717) is 12.7 Å². The number of unbranched alkanes of at least 4 members (excludes halogenated alkanes) is 13. The molecule has 1 fully saturated rings. The van der Waals surface area contributed by atoms with Crippen LogP contribution in [0.15, 0.2) is 0 Å². The zero-order chi connectivity index (χ0) is 15.6. The lowest BCUT2D eigenvalue weighted by molar-refractivity contribution is 0.282. The minimum Gasteiger partial charge on any atom is -0.396 e. The van der Waals surface area contributed by atoms with Crippen molar-refractivity contribution in [2.75, 3.05) is 13.2 Å². The summed E-state index contributed by atoms with van der Waals surface area (Å²) in [4.78, 5) is 0. The van der Waals surface area contributed by atoms with Crippen LogP contribution in [0.4, 0.5) is 0 Å². The molecule has 0 aromatic carbocycles. The number of epoxide rings is 1. The molecule has 0 amide bonds. The second-order valence-corrected chi connectivity index (χ2v) is 6.46. The average Bonchev–Trinajstić information content (AvgIpc) is 3.27. The van der Waals surface area contributed by atoms with E-state index in [9.17, 15) is 0 Å². The van der Waals surface area contributed by atoms with Gasteiger partial charge in [0.25, 0.3) is 0 Å². The molecular formula is C19H40O2. The van der Waals surface area contributed by atoms with Gasteiger partial charge in [0.1, 0.15) is 0 Å². The van der Waals surface area contributed by atoms with Crippen LogP contribution in [0.3, 0.4) is 0 Å². The highest BCUT2D eigenvalue weighted by Crippen LogP contribution is 2.12. The number of aliphatic hydroxyl groups is 1. The topological polar surface area (TPSA) is 32.8 Å². The Kier molecular flexibility index (Phi) is 17.9. The minimum atomic E-state index is 0.373. The van der Waals surface area contributed by atoms with Crippen LogP contribution in [-0.2, 0) is 4.74 Å². The fourth-order valence-electron chi connectivity index (χ4n) is 2.40. The van der Waals surface area contributed by atoms with Crippen LogP contribution in [-0.4, -0.2) is 24.4 Å². The molecule has 1 aliphatic rings. The van der Waals surface area contributed by atoms with E-state index in [1.54, 1.807) is 0 Å². The van der Waals surface area contributed by atoms with Crippen molar-refractivity contribution in [2.45, 2.75) is 110 Å². The third kappa shape index (κ3) is 22.3. The highest BCUT2D eigenvalue weighted by atomic mass is 16.6. The van der Waals surface area contributed by atoms with Crippen LogP contribution in [0.1, 0.15) is 104 Å². The summed E-state index contributed by atoms with van der Waals surface area (Å²) >= 11 is 0. The molecule has 1 N–H and O–H groups in total. The van der Waals surface area contributed by atoms with Crippen LogP contribution >= 0.6 is 0 Å². The molecule has 1 unspecified atom stereocenters. The van der Waals surface area contributed by atoms with Gasteiger partial charge in [-0.1, -0.05) is 90.4 Å². The van der Waals surface area contributed by atoms with Crippen molar-refractivity contribution < 1.29 is 9.84 Å². The Morgan fingerprint density at radius 2 is 1.00 bits per heavy atom. The molecule has 1 saturated heterocycles. The van der Waals surface area contributed by atoms with E-state index >= 15 is 0 Å². The maximum atomic E-state index is 8.64. The largest absolute Gasteiger partial charge is 0.396 e. The summed E-state index contributed by atoms with van der Waals surface area (Å²) in [6.45, 7) is 5.69. The normalized spacial score (nSPS) is 16.4. The molecule has 1 heterocycles. The first-order chi connectivity index (χ1) is 10.3. The lowest BCUT2D eigenvalue weighted by Gasteiger charge is -2.02. The highest BCUT2D eigenvalue weighted by molar-refractivity contribution is 4.58. The summed E-state index contributed by atoms with van der Waals surface area (Å²) in [5, 5.41) is 8.64. The molecule has 0 bridgehead atoms. The quantitative estimate of drug-likeness (QED) is 0.321. The van der Waals surface area contributed by atoms with E-state index in [1.165, 1.54) is 83.5 Å². The van der Waals surface area contributed by atoms with Gasteiger partial charge in [-0.15, -0.1) is 0 Å². The zero-order valence-electron chi connectivity index (χ0n) is 14.7. The van der Waals surface area contributed by atoms with E-state index in [2.05, 4.69) is 13.8 Å². The van der Waals surface area contributed by atoms with Gasteiger partial charge >= 0.3 is 0 Å². The monoisotopic (exact) mass is 300 g/mol. The van der Waals surface area contributed by atoms with Crippen LogP contribution in [0.2, 0.25) is 0 Å². The number of ether oxygens (including phenoxy) is 1. The fourth-order valence-corrected chi connectivity index (χ4v) is 2.40. The Morgan fingerprint density at radius 3 is 1.24 bits per heavy atom. The van der Waals surface area contributed by atoms with Crippen molar-refractivity contribution in [2.24, 2.45) is 0 Å². The number of aliphatic hydroxyl groups excluding tert-OH is 1. The molecule has 2 heteroatoms. The van der Waals surface area contributed by atoms with Crippen molar-refractivity contribution in [1.82, 2.24) is 0 Å². The molecule has 1 atom stereocenters. The van der Waals surface area contributed by atoms with Crippen molar-refractivity contribution >= 4 is 0 Å². The first-order valence-corrected chi connectivity index (χ1v) is 9.53. The highest BCUT2D eigenvalue weighted by Gasteiger charge is 2.13. The predicted octanol–water partition coefficient (Wildman–Crippen LogP) is 5.87. The maximum absolute atomic E-state index is 8.64. The second-order valence-electron chi connectivity index (χ2n) is 6.46. The Hall–Kier alpha value is -0.0800. The molecule has 1 rings (SSSR count). The molecule has 21 heavy (non-hydrogen) atoms. The number of rotatable bonds is 14. The molecule has 0 saturated carbocycles. The maximum Gasteiger partial charge on any atom is 0.0781 e. The molecule has 128 valence electrons. The van der Waals surface area contributed by atoms with Crippen LogP contribution in [0.5, 0.6) is 0 Å². The third-order valence-corrected chi connectivity index (χ3v) is 4.01. The van der Waals surface area contributed by atoms with E-state index in [4.69, 9.17) is 9.84 Å². The zero-order valence-corrected chi connectivity index (χ0v) is 14.7. The van der Waals surface area contributed by atoms with Gasteiger partial charge in [-0.25, -0.2) is 0 Å². The smallest absolute Gasteiger partial charge is 0.0781 e. The van der Waals surface area contributed by atoms with Crippen molar-refractivity contribution in [3.05, 3.63) is 0 Å². The molecule has 0 aliphatic carbocycles. The molecule has 2 nitrogen and oxygen atoms in total. The van der Waals surface area contributed by atoms with Gasteiger partial charge in [-0.2, -0.15) is 0 Å². The van der Waals surface area contributed by atoms with Gasteiger partial charge in [0.05, 0.1) is 12.7 Å². The van der Waals surface area contributed by atoms with Crippen molar-refractivity contribution in [3.63, 3.8) is 0 Å². The van der Waals surface area contributed by atoms with Gasteiger partial charge in [0.15, 0.2) is 0 Å². The van der Waals surface area contributed by atoms with Crippen LogP contribution in [0, 0.1) is 0 Å². The van der Waals surface area contributed by atoms with Crippen molar-refractivity contribution in [1.29, 1.82) is 0 Å². The average molecular weight is 301 g/mol. The van der Waals surface area contributed by atoms with Crippen molar-refractivity contribution in [3.8, 4) is 0 Å². The van der Waals surface area contributed by atoms with E-state index in [-0.39, 0.29) is 0 Å². The van der Waals surface area contributed by atoms with Gasteiger partial charge in [0, 0.05) is 6.61 Å². The Morgan fingerprint density at radius 1 is 0.714 bits per heavy atom. The van der Waals surface area contributed by atoms with E-state index in [1.807, 2.05) is 0 Å². The van der Waals surface area contributed by atoms with Gasteiger partial charge in [0.2, 0.25) is 0 Å². The Balaban J connectivity index is 0.000000847. The molecular weight excluding hydrogens is 260 g/mol. The Bertz CT molecular complexity index is 164. The van der Waals surface area contributed by atoms with Gasteiger partial charge in [-0.05, 0) is 13.3 Å². The molecule has 1 aliphatic heterocycles. The summed E-state index contributed by atoms with van der Waals surface area (Å²) in [6.07, 6.45) is 19.8. The lowest BCUT2D eigenvalue weighted by Crippen LogP contribution is -1.84. The van der Waals surface area contributed by atoms with Gasteiger partial charge in [-0.3, -0.25) is 0 Å². The molecule has 0 spiro atoms. The minimum absolute atomic E-state index is 0.373. The standard InChI is InChI=1S/C16H34O.C3H6O/c1-2-3-4-5-6-7-8-9-10-11-12-13-14-15-16-17;1-3-2-4-3/h17H,2-16H2,1H3;3H,2H2,1H3. The third-order valence-electron chi connectivity index (χ3n) is 4.01. The first kappa shape index (κ1) is 20.9. The summed E-state index contributed by atoms with van der Waals surface area (Å²) in [5.74, 6) is 0. The Labute approximate surface area is 133 Å². The number of hydrogen-bond acceptors (Lipinski definition) is 2. The summed E-state index contributed by atoms with van der Waals surface area (Å²) in [7, 11) is 0. The summed E-state index contributed by atoms with van der Waals surface area (Å²) in [5.41, 5.74) is 0. The number of hydrogen-bond donors (Lipinski definition) is 1. The van der Waals surface area contributed by atoms with E-state index in [0.717, 1.165) is 13.0 Å². The van der Waals surface area contributed by atoms with Crippen LogP contribution < -0.4 is 0 Å².